The van der Waals surface area contributed by atoms with Crippen LogP contribution in [-0.2, 0) is 11.3 Å². The predicted octanol–water partition coefficient (Wildman–Crippen LogP) is 1.95. The van der Waals surface area contributed by atoms with Gasteiger partial charge in [0.1, 0.15) is 6.61 Å². The van der Waals surface area contributed by atoms with Gasteiger partial charge in [-0.05, 0) is 24.9 Å². The summed E-state index contributed by atoms with van der Waals surface area (Å²) in [6, 6.07) is 2.40. The van der Waals surface area contributed by atoms with E-state index < -0.39 is 0 Å². The van der Waals surface area contributed by atoms with Crippen molar-refractivity contribution in [1.29, 1.82) is 0 Å². The van der Waals surface area contributed by atoms with Crippen LogP contribution >= 0.6 is 11.3 Å². The summed E-state index contributed by atoms with van der Waals surface area (Å²) in [5, 5.41) is 10.8. The number of thiophene rings is 1. The maximum absolute atomic E-state index is 8.75. The number of hydrogen-bond acceptors (Lipinski definition) is 4. The number of likely N-dealkylation sites (N-methyl/N-ethyl adjacent to an activating group) is 1. The Morgan fingerprint density at radius 2 is 2.33 bits per heavy atom. The highest BCUT2D eigenvalue weighted by molar-refractivity contribution is 7.10. The molecule has 0 bridgehead atoms. The molecule has 0 radical (unpaired) electrons. The molecule has 1 unspecified atom stereocenters. The van der Waals surface area contributed by atoms with Crippen molar-refractivity contribution < 1.29 is 9.84 Å². The first-order valence-electron chi connectivity index (χ1n) is 6.12. The van der Waals surface area contributed by atoms with Gasteiger partial charge >= 0.3 is 0 Å². The van der Waals surface area contributed by atoms with E-state index in [1.165, 1.54) is 4.88 Å². The van der Waals surface area contributed by atoms with Crippen LogP contribution < -0.4 is 0 Å². The Kier molecular flexibility index (Phi) is 6.99. The van der Waals surface area contributed by atoms with Gasteiger partial charge in [-0.15, -0.1) is 11.3 Å². The number of hydrogen-bond donors (Lipinski definition) is 1. The zero-order chi connectivity index (χ0) is 13.4. The van der Waals surface area contributed by atoms with Gasteiger partial charge in [0.05, 0.1) is 6.61 Å². The van der Waals surface area contributed by atoms with Crippen molar-refractivity contribution in [2.24, 2.45) is 0 Å². The molecule has 0 amide bonds. The molecule has 0 spiro atoms. The maximum atomic E-state index is 8.75. The molecule has 1 aromatic rings. The highest BCUT2D eigenvalue weighted by atomic mass is 32.1. The molecule has 0 fully saturated rings. The monoisotopic (exact) mass is 267 g/mol. The molecule has 3 nitrogen and oxygen atoms in total. The van der Waals surface area contributed by atoms with E-state index in [0.29, 0.717) is 6.04 Å². The third-order valence-corrected chi connectivity index (χ3v) is 3.74. The number of aliphatic hydroxyl groups excluding tert-OH is 1. The third kappa shape index (κ3) is 4.43. The normalized spacial score (nSPS) is 12.3. The van der Waals surface area contributed by atoms with E-state index in [9.17, 15) is 0 Å². The Balaban J connectivity index is 2.72. The van der Waals surface area contributed by atoms with Crippen molar-refractivity contribution in [2.75, 3.05) is 26.9 Å². The lowest BCUT2D eigenvalue weighted by Crippen LogP contribution is -2.35. The van der Waals surface area contributed by atoms with Crippen LogP contribution in [0.1, 0.15) is 24.3 Å². The summed E-state index contributed by atoms with van der Waals surface area (Å²) < 4.78 is 5.20. The van der Waals surface area contributed by atoms with Crippen LogP contribution in [-0.4, -0.2) is 42.9 Å². The first kappa shape index (κ1) is 15.2. The fraction of sp³-hybridized carbons (Fsp3) is 0.571. The van der Waals surface area contributed by atoms with Crippen LogP contribution in [0.3, 0.4) is 0 Å². The highest BCUT2D eigenvalue weighted by Crippen LogP contribution is 2.19. The molecule has 1 heterocycles. The molecular weight excluding hydrogens is 246 g/mol. The molecule has 1 rings (SSSR count). The lowest BCUT2D eigenvalue weighted by Gasteiger charge is -2.26. The van der Waals surface area contributed by atoms with Crippen molar-refractivity contribution >= 4 is 11.3 Å². The van der Waals surface area contributed by atoms with Crippen molar-refractivity contribution in [3.63, 3.8) is 0 Å². The minimum absolute atomic E-state index is 0.0904. The molecule has 1 atom stereocenters. The summed E-state index contributed by atoms with van der Waals surface area (Å²) in [6.07, 6.45) is 0. The second kappa shape index (κ2) is 8.28. The average Bonchev–Trinajstić information content (AvgIpc) is 2.80. The van der Waals surface area contributed by atoms with Crippen LogP contribution in [0.4, 0.5) is 0 Å². The average molecular weight is 267 g/mol. The van der Waals surface area contributed by atoms with Gasteiger partial charge in [0.25, 0.3) is 0 Å². The van der Waals surface area contributed by atoms with Crippen molar-refractivity contribution in [1.82, 2.24) is 4.90 Å². The van der Waals surface area contributed by atoms with Gasteiger partial charge in [0, 0.05) is 30.1 Å². The van der Waals surface area contributed by atoms with Crippen LogP contribution in [0.2, 0.25) is 0 Å². The first-order chi connectivity index (χ1) is 8.72. The number of rotatable bonds is 6. The molecule has 0 saturated carbocycles. The fourth-order valence-electron chi connectivity index (χ4n) is 1.82. The minimum atomic E-state index is -0.0904. The SMILES string of the molecule is CCN(Cc1sccc1C#CCO)C(C)COC. The minimum Gasteiger partial charge on any atom is -0.384 e. The lowest BCUT2D eigenvalue weighted by atomic mass is 10.2. The Labute approximate surface area is 113 Å². The van der Waals surface area contributed by atoms with E-state index >= 15 is 0 Å². The summed E-state index contributed by atoms with van der Waals surface area (Å²) >= 11 is 1.71. The number of nitrogens with zero attached hydrogens (tertiary/aromatic N) is 1. The van der Waals surface area contributed by atoms with Crippen LogP contribution in [0.15, 0.2) is 11.4 Å². The van der Waals surface area contributed by atoms with Crippen LogP contribution in [0, 0.1) is 11.8 Å². The number of methoxy groups -OCH3 is 1. The number of ether oxygens (including phenoxy) is 1. The van der Waals surface area contributed by atoms with E-state index in [1.807, 2.05) is 11.4 Å². The molecule has 0 aliphatic carbocycles. The second-order valence-corrected chi connectivity index (χ2v) is 5.09. The van der Waals surface area contributed by atoms with Gasteiger partial charge in [-0.2, -0.15) is 0 Å². The lowest BCUT2D eigenvalue weighted by molar-refractivity contribution is 0.0988. The maximum Gasteiger partial charge on any atom is 0.104 e. The van der Waals surface area contributed by atoms with Crippen molar-refractivity contribution in [3.05, 3.63) is 21.9 Å². The molecule has 0 saturated heterocycles. The van der Waals surface area contributed by atoms with Crippen molar-refractivity contribution in [2.45, 2.75) is 26.4 Å². The topological polar surface area (TPSA) is 32.7 Å². The first-order valence-corrected chi connectivity index (χ1v) is 7.00. The largest absolute Gasteiger partial charge is 0.384 e. The summed E-state index contributed by atoms with van der Waals surface area (Å²) in [6.45, 7) is 6.83. The van der Waals surface area contributed by atoms with E-state index in [2.05, 4.69) is 30.6 Å². The van der Waals surface area contributed by atoms with Crippen LogP contribution in [0.25, 0.3) is 0 Å². The molecule has 0 aliphatic heterocycles. The van der Waals surface area contributed by atoms with Gasteiger partial charge in [-0.3, -0.25) is 4.90 Å². The molecule has 1 N–H and O–H groups in total. The Bertz CT molecular complexity index is 405. The quantitative estimate of drug-likeness (QED) is 0.800. The molecule has 1 aromatic heterocycles. The zero-order valence-electron chi connectivity index (χ0n) is 11.3. The zero-order valence-corrected chi connectivity index (χ0v) is 12.1. The molecule has 100 valence electrons. The predicted molar refractivity (Wildman–Crippen MR) is 75.7 cm³/mol. The number of aliphatic hydroxyl groups is 1. The molecule has 4 heteroatoms. The fourth-order valence-corrected chi connectivity index (χ4v) is 2.67. The smallest absolute Gasteiger partial charge is 0.104 e. The van der Waals surface area contributed by atoms with Crippen molar-refractivity contribution in [3.8, 4) is 11.8 Å². The molecule has 0 aliphatic rings. The van der Waals surface area contributed by atoms with Gasteiger partial charge in [-0.1, -0.05) is 18.8 Å². The summed E-state index contributed by atoms with van der Waals surface area (Å²) in [5.74, 6) is 5.70. The Morgan fingerprint density at radius 3 is 2.94 bits per heavy atom. The van der Waals surface area contributed by atoms with Crippen LogP contribution in [0.5, 0.6) is 0 Å². The molecule has 0 aromatic carbocycles. The summed E-state index contributed by atoms with van der Waals surface area (Å²) in [4.78, 5) is 3.61. The summed E-state index contributed by atoms with van der Waals surface area (Å²) in [7, 11) is 1.73. The van der Waals surface area contributed by atoms with Gasteiger partial charge in [-0.25, -0.2) is 0 Å². The highest BCUT2D eigenvalue weighted by Gasteiger charge is 2.14. The third-order valence-electron chi connectivity index (χ3n) is 2.83. The van der Waals surface area contributed by atoms with E-state index in [4.69, 9.17) is 9.84 Å². The van der Waals surface area contributed by atoms with E-state index in [-0.39, 0.29) is 6.61 Å². The summed E-state index contributed by atoms with van der Waals surface area (Å²) in [5.41, 5.74) is 1.03. The van der Waals surface area contributed by atoms with E-state index in [1.54, 1.807) is 18.4 Å². The van der Waals surface area contributed by atoms with E-state index in [0.717, 1.165) is 25.3 Å². The molecule has 18 heavy (non-hydrogen) atoms. The Hall–Kier alpha value is -0.860. The van der Waals surface area contributed by atoms with Gasteiger partial charge in [0.2, 0.25) is 0 Å². The second-order valence-electron chi connectivity index (χ2n) is 4.08. The standard InChI is InChI=1S/C14H21NO2S/c1-4-15(12(2)11-17-3)10-14-13(6-5-8-16)7-9-18-14/h7,9,12,16H,4,8,10-11H2,1-3H3. The van der Waals surface area contributed by atoms with Gasteiger partial charge < -0.3 is 9.84 Å². The Morgan fingerprint density at radius 1 is 1.56 bits per heavy atom. The van der Waals surface area contributed by atoms with Gasteiger partial charge in [0.15, 0.2) is 0 Å². The molecular formula is C14H21NO2S.